The Bertz CT molecular complexity index is 503. The Kier molecular flexibility index (Phi) is 4.61. The highest BCUT2D eigenvalue weighted by molar-refractivity contribution is 7.10. The summed E-state index contributed by atoms with van der Waals surface area (Å²) in [5, 5.41) is 14.3. The second-order valence-electron chi connectivity index (χ2n) is 4.79. The van der Waals surface area contributed by atoms with Crippen LogP contribution in [0.4, 0.5) is 4.79 Å². The number of amides is 2. The van der Waals surface area contributed by atoms with Gasteiger partial charge in [0.15, 0.2) is 6.04 Å². The molecular formula is C13H19N3O3S. The summed E-state index contributed by atoms with van der Waals surface area (Å²) in [6, 6.07) is 0.713. The van der Waals surface area contributed by atoms with Crippen LogP contribution in [0, 0.1) is 0 Å². The van der Waals surface area contributed by atoms with Gasteiger partial charge in [0.25, 0.3) is 0 Å². The van der Waals surface area contributed by atoms with Crippen molar-refractivity contribution in [3.63, 3.8) is 0 Å². The summed E-state index contributed by atoms with van der Waals surface area (Å²) >= 11 is 1.56. The van der Waals surface area contributed by atoms with Gasteiger partial charge in [0, 0.05) is 31.6 Å². The molecular weight excluding hydrogens is 278 g/mol. The van der Waals surface area contributed by atoms with Crippen LogP contribution >= 0.6 is 11.3 Å². The van der Waals surface area contributed by atoms with Crippen LogP contribution in [0.2, 0.25) is 0 Å². The molecule has 2 N–H and O–H groups in total. The van der Waals surface area contributed by atoms with Crippen LogP contribution in [-0.4, -0.2) is 60.6 Å². The fraction of sp³-hybridized carbons (Fsp3) is 0.538. The van der Waals surface area contributed by atoms with E-state index in [1.54, 1.807) is 23.3 Å². The van der Waals surface area contributed by atoms with Crippen LogP contribution in [0.3, 0.4) is 0 Å². The zero-order chi connectivity index (χ0) is 14.7. The maximum absolute atomic E-state index is 12.4. The normalized spacial score (nSPS) is 17.7. The number of nitrogens with zero attached hydrogens (tertiary/aromatic N) is 2. The molecule has 0 saturated heterocycles. The third kappa shape index (κ3) is 2.78. The standard InChI is InChI=1S/C13H19N3O3S/c1-14-5-7-15(2)13(19)16-6-3-10-9(4-8-20-10)11(16)12(17)18/h4,8,11,14H,3,5-7H2,1-2H3,(H,17,18). The van der Waals surface area contributed by atoms with Gasteiger partial charge in [0.2, 0.25) is 0 Å². The van der Waals surface area contributed by atoms with E-state index in [0.717, 1.165) is 16.9 Å². The molecule has 2 rings (SSSR count). The van der Waals surface area contributed by atoms with E-state index >= 15 is 0 Å². The van der Waals surface area contributed by atoms with Gasteiger partial charge in [-0.25, -0.2) is 9.59 Å². The monoisotopic (exact) mass is 297 g/mol. The summed E-state index contributed by atoms with van der Waals surface area (Å²) in [5.74, 6) is -0.972. The molecule has 20 heavy (non-hydrogen) atoms. The lowest BCUT2D eigenvalue weighted by Gasteiger charge is -2.35. The summed E-state index contributed by atoms with van der Waals surface area (Å²) < 4.78 is 0. The molecule has 0 bridgehead atoms. The molecule has 6 nitrogen and oxygen atoms in total. The number of urea groups is 1. The average Bonchev–Trinajstić information content (AvgIpc) is 2.90. The van der Waals surface area contributed by atoms with Crippen molar-refractivity contribution in [2.45, 2.75) is 12.5 Å². The number of hydrogen-bond acceptors (Lipinski definition) is 4. The second kappa shape index (κ2) is 6.23. The topological polar surface area (TPSA) is 72.9 Å². The summed E-state index contributed by atoms with van der Waals surface area (Å²) in [7, 11) is 3.51. The van der Waals surface area contributed by atoms with Crippen LogP contribution in [0.15, 0.2) is 11.4 Å². The predicted molar refractivity (Wildman–Crippen MR) is 77.1 cm³/mol. The molecule has 1 atom stereocenters. The van der Waals surface area contributed by atoms with Crippen LogP contribution in [0.5, 0.6) is 0 Å². The molecule has 0 aromatic carbocycles. The predicted octanol–water partition coefficient (Wildman–Crippen LogP) is 1.00. The number of rotatable bonds is 4. The van der Waals surface area contributed by atoms with Gasteiger partial charge in [-0.1, -0.05) is 0 Å². The maximum atomic E-state index is 12.4. The maximum Gasteiger partial charge on any atom is 0.331 e. The summed E-state index contributed by atoms with van der Waals surface area (Å²) in [4.78, 5) is 28.0. The molecule has 0 radical (unpaired) electrons. The summed E-state index contributed by atoms with van der Waals surface area (Å²) in [6.07, 6.45) is 0.725. The average molecular weight is 297 g/mol. The molecule has 1 aliphatic heterocycles. The number of carboxylic acids is 1. The van der Waals surface area contributed by atoms with Crippen molar-refractivity contribution in [3.8, 4) is 0 Å². The minimum Gasteiger partial charge on any atom is -0.479 e. The molecule has 7 heteroatoms. The molecule has 2 heterocycles. The highest BCUT2D eigenvalue weighted by Gasteiger charge is 2.37. The van der Waals surface area contributed by atoms with E-state index in [1.807, 2.05) is 18.5 Å². The van der Waals surface area contributed by atoms with Crippen LogP contribution in [-0.2, 0) is 11.2 Å². The second-order valence-corrected chi connectivity index (χ2v) is 5.79. The van der Waals surface area contributed by atoms with Crippen molar-refractivity contribution >= 4 is 23.3 Å². The Hall–Kier alpha value is -1.60. The smallest absolute Gasteiger partial charge is 0.331 e. The zero-order valence-electron chi connectivity index (χ0n) is 11.6. The number of hydrogen-bond donors (Lipinski definition) is 2. The first-order valence-corrected chi connectivity index (χ1v) is 7.39. The highest BCUT2D eigenvalue weighted by Crippen LogP contribution is 2.33. The summed E-state index contributed by atoms with van der Waals surface area (Å²) in [5.41, 5.74) is 0.754. The Balaban J connectivity index is 2.19. The van der Waals surface area contributed by atoms with E-state index in [1.165, 1.54) is 4.90 Å². The van der Waals surface area contributed by atoms with Crippen molar-refractivity contribution in [3.05, 3.63) is 21.9 Å². The SMILES string of the molecule is CNCCN(C)C(=O)N1CCc2sccc2C1C(=O)O. The lowest BCUT2D eigenvalue weighted by atomic mass is 10.0. The van der Waals surface area contributed by atoms with E-state index in [9.17, 15) is 14.7 Å². The number of aliphatic carboxylic acids is 1. The van der Waals surface area contributed by atoms with Gasteiger partial charge in [-0.15, -0.1) is 11.3 Å². The van der Waals surface area contributed by atoms with Crippen molar-refractivity contribution in [1.82, 2.24) is 15.1 Å². The largest absolute Gasteiger partial charge is 0.479 e. The van der Waals surface area contributed by atoms with E-state index in [-0.39, 0.29) is 6.03 Å². The quantitative estimate of drug-likeness (QED) is 0.870. The number of likely N-dealkylation sites (N-methyl/N-ethyl adjacent to an activating group) is 2. The van der Waals surface area contributed by atoms with Gasteiger partial charge in [-0.05, 0) is 30.5 Å². The Morgan fingerprint density at radius 3 is 3.00 bits per heavy atom. The third-order valence-corrected chi connectivity index (χ3v) is 4.47. The Morgan fingerprint density at radius 2 is 2.35 bits per heavy atom. The minimum atomic E-state index is -0.972. The lowest BCUT2D eigenvalue weighted by Crippen LogP contribution is -2.49. The fourth-order valence-electron chi connectivity index (χ4n) is 2.38. The number of carboxylic acid groups (broad SMARTS) is 1. The first-order valence-electron chi connectivity index (χ1n) is 6.51. The van der Waals surface area contributed by atoms with Gasteiger partial charge in [0.1, 0.15) is 0 Å². The number of thiophene rings is 1. The van der Waals surface area contributed by atoms with E-state index in [0.29, 0.717) is 19.6 Å². The molecule has 110 valence electrons. The number of carbonyl (C=O) groups is 2. The highest BCUT2D eigenvalue weighted by atomic mass is 32.1. The molecule has 1 aliphatic rings. The Labute approximate surface area is 122 Å². The molecule has 0 saturated carbocycles. The van der Waals surface area contributed by atoms with Gasteiger partial charge in [-0.3, -0.25) is 0 Å². The molecule has 0 fully saturated rings. The van der Waals surface area contributed by atoms with Crippen LogP contribution in [0.1, 0.15) is 16.5 Å². The number of carbonyl (C=O) groups excluding carboxylic acids is 1. The van der Waals surface area contributed by atoms with Crippen molar-refractivity contribution in [2.75, 3.05) is 33.7 Å². The van der Waals surface area contributed by atoms with Gasteiger partial charge < -0.3 is 20.2 Å². The van der Waals surface area contributed by atoms with Crippen molar-refractivity contribution in [1.29, 1.82) is 0 Å². The zero-order valence-corrected chi connectivity index (χ0v) is 12.4. The fourth-order valence-corrected chi connectivity index (χ4v) is 3.29. The third-order valence-electron chi connectivity index (χ3n) is 3.47. The molecule has 2 amide bonds. The number of fused-ring (bicyclic) bond motifs is 1. The first kappa shape index (κ1) is 14.8. The van der Waals surface area contributed by atoms with Gasteiger partial charge in [0.05, 0.1) is 0 Å². The van der Waals surface area contributed by atoms with Crippen molar-refractivity contribution < 1.29 is 14.7 Å². The summed E-state index contributed by atoms with van der Waals surface area (Å²) in [6.45, 7) is 1.68. The van der Waals surface area contributed by atoms with Crippen molar-refractivity contribution in [2.24, 2.45) is 0 Å². The van der Waals surface area contributed by atoms with Gasteiger partial charge in [-0.2, -0.15) is 0 Å². The van der Waals surface area contributed by atoms with Crippen LogP contribution < -0.4 is 5.32 Å². The molecule has 1 aromatic rings. The van der Waals surface area contributed by atoms with Crippen LogP contribution in [0.25, 0.3) is 0 Å². The van der Waals surface area contributed by atoms with Gasteiger partial charge >= 0.3 is 12.0 Å². The Morgan fingerprint density at radius 1 is 1.60 bits per heavy atom. The van der Waals surface area contributed by atoms with E-state index in [2.05, 4.69) is 5.32 Å². The molecule has 1 unspecified atom stereocenters. The molecule has 1 aromatic heterocycles. The lowest BCUT2D eigenvalue weighted by molar-refractivity contribution is -0.143. The molecule has 0 spiro atoms. The van der Waals surface area contributed by atoms with E-state index in [4.69, 9.17) is 0 Å². The molecule has 0 aliphatic carbocycles. The minimum absolute atomic E-state index is 0.232. The number of nitrogens with one attached hydrogen (secondary N) is 1. The van der Waals surface area contributed by atoms with E-state index < -0.39 is 12.0 Å². The first-order chi connectivity index (χ1) is 9.56.